The highest BCUT2D eigenvalue weighted by atomic mass is 16.5. The van der Waals surface area contributed by atoms with Crippen molar-refractivity contribution in [1.82, 2.24) is 9.97 Å². The van der Waals surface area contributed by atoms with E-state index in [4.69, 9.17) is 9.47 Å². The highest BCUT2D eigenvalue weighted by Gasteiger charge is 2.08. The number of fused-ring (bicyclic) bond motifs is 1. The zero-order valence-electron chi connectivity index (χ0n) is 9.43. The van der Waals surface area contributed by atoms with Crippen molar-refractivity contribution in [3.63, 3.8) is 0 Å². The van der Waals surface area contributed by atoms with Gasteiger partial charge in [0.25, 0.3) is 0 Å². The van der Waals surface area contributed by atoms with Crippen LogP contribution in [0.2, 0.25) is 0 Å². The second-order valence-corrected chi connectivity index (χ2v) is 3.19. The quantitative estimate of drug-likeness (QED) is 0.790. The van der Waals surface area contributed by atoms with Gasteiger partial charge in [-0.3, -0.25) is 0 Å². The molecule has 1 aromatic heterocycles. The van der Waals surface area contributed by atoms with Crippen molar-refractivity contribution in [1.29, 1.82) is 0 Å². The first-order valence-corrected chi connectivity index (χ1v) is 5.37. The summed E-state index contributed by atoms with van der Waals surface area (Å²) in [6.07, 6.45) is 0. The standard InChI is InChI=1S/C12H14N2O2/c1-3-15-11-9-7-5-6-8-10(9)13-12(14-11)16-4-2/h5-8H,3-4H2,1-2H3. The first-order valence-electron chi connectivity index (χ1n) is 5.37. The Bertz CT molecular complexity index is 485. The van der Waals surface area contributed by atoms with Gasteiger partial charge in [0.2, 0.25) is 5.88 Å². The predicted octanol–water partition coefficient (Wildman–Crippen LogP) is 2.43. The Balaban J connectivity index is 2.54. The van der Waals surface area contributed by atoms with E-state index in [9.17, 15) is 0 Å². The van der Waals surface area contributed by atoms with Crippen LogP contribution in [0, 0.1) is 0 Å². The van der Waals surface area contributed by atoms with Gasteiger partial charge in [0.05, 0.1) is 24.1 Å². The summed E-state index contributed by atoms with van der Waals surface area (Å²) >= 11 is 0. The van der Waals surface area contributed by atoms with Gasteiger partial charge >= 0.3 is 6.01 Å². The third kappa shape index (κ3) is 2.05. The molecule has 0 unspecified atom stereocenters. The third-order valence-corrected chi connectivity index (χ3v) is 2.10. The van der Waals surface area contributed by atoms with Crippen molar-refractivity contribution >= 4 is 10.9 Å². The lowest BCUT2D eigenvalue weighted by molar-refractivity contribution is 0.293. The molecule has 0 aliphatic carbocycles. The van der Waals surface area contributed by atoms with Gasteiger partial charge in [0.15, 0.2) is 0 Å². The zero-order chi connectivity index (χ0) is 11.4. The molecule has 0 saturated carbocycles. The van der Waals surface area contributed by atoms with Crippen LogP contribution < -0.4 is 9.47 Å². The molecule has 0 amide bonds. The second-order valence-electron chi connectivity index (χ2n) is 3.19. The summed E-state index contributed by atoms with van der Waals surface area (Å²) in [5.41, 5.74) is 0.837. The maximum absolute atomic E-state index is 5.48. The maximum atomic E-state index is 5.48. The van der Waals surface area contributed by atoms with E-state index in [-0.39, 0.29) is 0 Å². The van der Waals surface area contributed by atoms with Crippen LogP contribution in [-0.2, 0) is 0 Å². The van der Waals surface area contributed by atoms with Crippen molar-refractivity contribution in [2.24, 2.45) is 0 Å². The number of hydrogen-bond donors (Lipinski definition) is 0. The van der Waals surface area contributed by atoms with E-state index in [0.717, 1.165) is 10.9 Å². The van der Waals surface area contributed by atoms with E-state index in [1.165, 1.54) is 0 Å². The molecule has 0 radical (unpaired) electrons. The molecule has 1 heterocycles. The lowest BCUT2D eigenvalue weighted by Gasteiger charge is -2.08. The highest BCUT2D eigenvalue weighted by Crippen LogP contribution is 2.24. The van der Waals surface area contributed by atoms with Gasteiger partial charge in [-0.15, -0.1) is 0 Å². The molecule has 4 heteroatoms. The van der Waals surface area contributed by atoms with Crippen LogP contribution in [0.15, 0.2) is 24.3 Å². The van der Waals surface area contributed by atoms with Crippen LogP contribution in [0.1, 0.15) is 13.8 Å². The summed E-state index contributed by atoms with van der Waals surface area (Å²) < 4.78 is 10.8. The Morgan fingerprint density at radius 2 is 1.75 bits per heavy atom. The number of hydrogen-bond acceptors (Lipinski definition) is 4. The largest absolute Gasteiger partial charge is 0.477 e. The van der Waals surface area contributed by atoms with Gasteiger partial charge in [0, 0.05) is 0 Å². The minimum atomic E-state index is 0.365. The van der Waals surface area contributed by atoms with Gasteiger partial charge in [-0.05, 0) is 26.0 Å². The van der Waals surface area contributed by atoms with Crippen LogP contribution in [0.25, 0.3) is 10.9 Å². The summed E-state index contributed by atoms with van der Waals surface area (Å²) in [7, 11) is 0. The van der Waals surface area contributed by atoms with E-state index < -0.39 is 0 Å². The maximum Gasteiger partial charge on any atom is 0.320 e. The number of nitrogens with zero attached hydrogens (tertiary/aromatic N) is 2. The Hall–Kier alpha value is -1.84. The van der Waals surface area contributed by atoms with Gasteiger partial charge in [-0.1, -0.05) is 12.1 Å². The molecule has 16 heavy (non-hydrogen) atoms. The third-order valence-electron chi connectivity index (χ3n) is 2.10. The summed E-state index contributed by atoms with van der Waals surface area (Å²) in [5, 5.41) is 0.910. The molecule has 1 aromatic carbocycles. The topological polar surface area (TPSA) is 44.2 Å². The molecular weight excluding hydrogens is 204 g/mol. The molecule has 84 valence electrons. The van der Waals surface area contributed by atoms with Crippen molar-refractivity contribution in [3.8, 4) is 11.9 Å². The fourth-order valence-corrected chi connectivity index (χ4v) is 1.47. The molecule has 2 rings (SSSR count). The SMILES string of the molecule is CCOc1nc(OCC)c2ccccc2n1. The molecule has 0 saturated heterocycles. The molecule has 0 atom stereocenters. The number of aromatic nitrogens is 2. The van der Waals surface area contributed by atoms with Crippen LogP contribution in [0.3, 0.4) is 0 Å². The molecule has 0 aliphatic heterocycles. The molecular formula is C12H14N2O2. The Morgan fingerprint density at radius 3 is 2.50 bits per heavy atom. The molecule has 0 fully saturated rings. The van der Waals surface area contributed by atoms with Gasteiger partial charge < -0.3 is 9.47 Å². The normalized spacial score (nSPS) is 10.4. The Kier molecular flexibility index (Phi) is 3.19. The lowest BCUT2D eigenvalue weighted by atomic mass is 10.2. The van der Waals surface area contributed by atoms with Crippen molar-refractivity contribution in [2.75, 3.05) is 13.2 Å². The van der Waals surface area contributed by atoms with Crippen molar-refractivity contribution in [3.05, 3.63) is 24.3 Å². The number of benzene rings is 1. The smallest absolute Gasteiger partial charge is 0.320 e. The van der Waals surface area contributed by atoms with Gasteiger partial charge in [0.1, 0.15) is 0 Å². The second kappa shape index (κ2) is 4.79. The monoisotopic (exact) mass is 218 g/mol. The van der Waals surface area contributed by atoms with Gasteiger partial charge in [-0.2, -0.15) is 9.97 Å². The Labute approximate surface area is 94.2 Å². The zero-order valence-corrected chi connectivity index (χ0v) is 9.43. The van der Waals surface area contributed by atoms with E-state index in [2.05, 4.69) is 9.97 Å². The van der Waals surface area contributed by atoms with Crippen LogP contribution in [0.5, 0.6) is 11.9 Å². The Morgan fingerprint density at radius 1 is 1.00 bits per heavy atom. The summed E-state index contributed by atoms with van der Waals surface area (Å²) in [5.74, 6) is 0.580. The van der Waals surface area contributed by atoms with Crippen LogP contribution >= 0.6 is 0 Å². The molecule has 0 aliphatic rings. The first kappa shape index (κ1) is 10.7. The number of para-hydroxylation sites is 1. The van der Waals surface area contributed by atoms with Gasteiger partial charge in [-0.25, -0.2) is 0 Å². The molecule has 4 nitrogen and oxygen atoms in total. The van der Waals surface area contributed by atoms with Crippen LogP contribution in [-0.4, -0.2) is 23.2 Å². The summed E-state index contributed by atoms with van der Waals surface area (Å²) in [6.45, 7) is 4.95. The number of rotatable bonds is 4. The first-order chi connectivity index (χ1) is 7.85. The molecule has 0 N–H and O–H groups in total. The predicted molar refractivity (Wildman–Crippen MR) is 61.9 cm³/mol. The molecule has 0 spiro atoms. The number of ether oxygens (including phenoxy) is 2. The van der Waals surface area contributed by atoms with E-state index in [0.29, 0.717) is 25.1 Å². The molecule has 2 aromatic rings. The lowest BCUT2D eigenvalue weighted by Crippen LogP contribution is -2.02. The van der Waals surface area contributed by atoms with E-state index in [1.54, 1.807) is 0 Å². The minimum absolute atomic E-state index is 0.365. The van der Waals surface area contributed by atoms with E-state index in [1.807, 2.05) is 38.1 Å². The molecule has 0 bridgehead atoms. The van der Waals surface area contributed by atoms with E-state index >= 15 is 0 Å². The summed E-state index contributed by atoms with van der Waals surface area (Å²) in [6, 6.07) is 8.10. The van der Waals surface area contributed by atoms with Crippen LogP contribution in [0.4, 0.5) is 0 Å². The fourth-order valence-electron chi connectivity index (χ4n) is 1.47. The highest BCUT2D eigenvalue weighted by molar-refractivity contribution is 5.83. The minimum Gasteiger partial charge on any atom is -0.477 e. The average Bonchev–Trinajstić information content (AvgIpc) is 2.30. The van der Waals surface area contributed by atoms with Crippen molar-refractivity contribution in [2.45, 2.75) is 13.8 Å². The summed E-state index contributed by atoms with van der Waals surface area (Å²) in [4.78, 5) is 8.52. The average molecular weight is 218 g/mol. The van der Waals surface area contributed by atoms with Crippen molar-refractivity contribution < 1.29 is 9.47 Å². The fraction of sp³-hybridized carbons (Fsp3) is 0.333.